The lowest BCUT2D eigenvalue weighted by atomic mass is 10.1. The molecule has 31 heavy (non-hydrogen) atoms. The lowest BCUT2D eigenvalue weighted by molar-refractivity contribution is 0.0966. The van der Waals surface area contributed by atoms with Crippen molar-refractivity contribution < 1.29 is 9.53 Å². The van der Waals surface area contributed by atoms with Crippen LogP contribution in [0.1, 0.15) is 16.1 Å². The Morgan fingerprint density at radius 3 is 2.52 bits per heavy atom. The molecule has 0 spiro atoms. The summed E-state index contributed by atoms with van der Waals surface area (Å²) >= 11 is 1.66. The largest absolute Gasteiger partial charge is 0.497 e. The molecule has 0 saturated carbocycles. The zero-order valence-corrected chi connectivity index (χ0v) is 18.7. The quantitative estimate of drug-likeness (QED) is 0.335. The maximum Gasteiger partial charge on any atom is 0.267 e. The zero-order chi connectivity index (χ0) is 22.1. The van der Waals surface area contributed by atoms with Gasteiger partial charge in [-0.2, -0.15) is 5.10 Å². The van der Waals surface area contributed by atoms with Crippen LogP contribution in [0.2, 0.25) is 0 Å². The van der Waals surface area contributed by atoms with Crippen LogP contribution in [0.25, 0.3) is 22.2 Å². The van der Waals surface area contributed by atoms with Gasteiger partial charge in [-0.1, -0.05) is 12.1 Å². The van der Waals surface area contributed by atoms with Gasteiger partial charge >= 0.3 is 0 Å². The third-order valence-corrected chi connectivity index (χ3v) is 6.27. The Hall–Kier alpha value is -3.32. The van der Waals surface area contributed by atoms with Crippen LogP contribution in [0.15, 0.2) is 64.3 Å². The molecule has 0 N–H and O–H groups in total. The number of methoxy groups -OCH3 is 1. The molecule has 2 aromatic carbocycles. The molecule has 0 atom stereocenters. The Morgan fingerprint density at radius 1 is 1.10 bits per heavy atom. The molecule has 0 radical (unpaired) electrons. The lowest BCUT2D eigenvalue weighted by Gasteiger charge is -2.08. The molecule has 2 aromatic heterocycles. The van der Waals surface area contributed by atoms with Crippen LogP contribution in [0, 0.1) is 6.92 Å². The number of carbonyl (C=O) groups excluding carboxylic acids is 1. The van der Waals surface area contributed by atoms with Gasteiger partial charge in [0.1, 0.15) is 12.3 Å². The highest BCUT2D eigenvalue weighted by atomic mass is 32.2. The molecule has 0 aliphatic rings. The first kappa shape index (κ1) is 20.9. The fraction of sp³-hybridized carbons (Fsp3) is 0.208. The summed E-state index contributed by atoms with van der Waals surface area (Å²) in [6, 6.07) is 16.7. The van der Waals surface area contributed by atoms with Gasteiger partial charge in [0.05, 0.1) is 12.8 Å². The third-order valence-electron chi connectivity index (χ3n) is 5.52. The van der Waals surface area contributed by atoms with Gasteiger partial charge in [-0.25, -0.2) is 4.68 Å². The molecule has 0 bridgehead atoms. The summed E-state index contributed by atoms with van der Waals surface area (Å²) in [5.41, 5.74) is 3.59. The number of aromatic nitrogens is 3. The number of aryl methyl sites for hydroxylation is 1. The lowest BCUT2D eigenvalue weighted by Crippen LogP contribution is -2.26. The maximum absolute atomic E-state index is 13.3. The van der Waals surface area contributed by atoms with E-state index in [1.54, 1.807) is 24.9 Å². The number of hydrogen-bond donors (Lipinski definition) is 0. The maximum atomic E-state index is 13.3. The minimum atomic E-state index is -0.312. The summed E-state index contributed by atoms with van der Waals surface area (Å²) in [7, 11) is 3.52. The predicted octanol–water partition coefficient (Wildman–Crippen LogP) is 4.32. The number of fused-ring (bicyclic) bond motifs is 1. The van der Waals surface area contributed by atoms with E-state index in [0.717, 1.165) is 27.1 Å². The van der Waals surface area contributed by atoms with Crippen molar-refractivity contribution in [1.29, 1.82) is 0 Å². The molecule has 0 aliphatic carbocycles. The van der Waals surface area contributed by atoms with E-state index < -0.39 is 0 Å². The Balaban J connectivity index is 1.72. The number of hydrogen-bond acceptors (Lipinski definition) is 5. The van der Waals surface area contributed by atoms with E-state index in [2.05, 4.69) is 5.10 Å². The Labute approximate surface area is 184 Å². The van der Waals surface area contributed by atoms with E-state index >= 15 is 0 Å². The van der Waals surface area contributed by atoms with Gasteiger partial charge in [-0.3, -0.25) is 9.59 Å². The van der Waals surface area contributed by atoms with Crippen molar-refractivity contribution in [2.45, 2.75) is 18.4 Å². The molecule has 0 amide bonds. The fourth-order valence-corrected chi connectivity index (χ4v) is 4.13. The first-order valence-electron chi connectivity index (χ1n) is 9.81. The fourth-order valence-electron chi connectivity index (χ4n) is 3.72. The predicted molar refractivity (Wildman–Crippen MR) is 124 cm³/mol. The summed E-state index contributed by atoms with van der Waals surface area (Å²) in [5, 5.41) is 5.27. The second-order valence-corrected chi connectivity index (χ2v) is 8.15. The van der Waals surface area contributed by atoms with Crippen LogP contribution < -0.4 is 10.3 Å². The van der Waals surface area contributed by atoms with Gasteiger partial charge in [0.25, 0.3) is 5.56 Å². The minimum absolute atomic E-state index is 0.132. The van der Waals surface area contributed by atoms with Gasteiger partial charge in [-0.15, -0.1) is 11.8 Å². The summed E-state index contributed by atoms with van der Waals surface area (Å²) < 4.78 is 8.54. The molecular formula is C24H23N3O3S. The van der Waals surface area contributed by atoms with Crippen LogP contribution in [-0.4, -0.2) is 33.5 Å². The van der Waals surface area contributed by atoms with Crippen molar-refractivity contribution in [3.63, 3.8) is 0 Å². The molecule has 158 valence electrons. The summed E-state index contributed by atoms with van der Waals surface area (Å²) in [6.45, 7) is 1.77. The number of benzene rings is 2. The molecular weight excluding hydrogens is 410 g/mol. The second kappa shape index (κ2) is 8.43. The van der Waals surface area contributed by atoms with Gasteiger partial charge in [0.2, 0.25) is 0 Å². The van der Waals surface area contributed by atoms with Crippen LogP contribution in [-0.2, 0) is 13.6 Å². The van der Waals surface area contributed by atoms with Crippen LogP contribution in [0.3, 0.4) is 0 Å². The standard InChI is InChI=1S/C24H23N3O3S/c1-15-24(19-13-17(30-3)7-11-21(19)26(15)2)22(28)14-27-23(29)12-10-20(25-27)16-5-8-18(31-4)9-6-16/h5-13H,14H2,1-4H3. The normalized spacial score (nSPS) is 11.1. The zero-order valence-electron chi connectivity index (χ0n) is 17.9. The monoisotopic (exact) mass is 433 g/mol. The number of rotatable bonds is 6. The number of carbonyl (C=O) groups is 1. The molecule has 7 heteroatoms. The molecule has 0 unspecified atom stereocenters. The van der Waals surface area contributed by atoms with E-state index in [9.17, 15) is 9.59 Å². The third kappa shape index (κ3) is 3.88. The van der Waals surface area contributed by atoms with E-state index in [0.29, 0.717) is 17.0 Å². The second-order valence-electron chi connectivity index (χ2n) is 7.27. The topological polar surface area (TPSA) is 66.1 Å². The van der Waals surface area contributed by atoms with Gasteiger partial charge < -0.3 is 9.30 Å². The summed E-state index contributed by atoms with van der Waals surface area (Å²) in [4.78, 5) is 26.9. The summed E-state index contributed by atoms with van der Waals surface area (Å²) in [6.07, 6.45) is 2.02. The number of ketones is 1. The molecule has 2 heterocycles. The van der Waals surface area contributed by atoms with Crippen molar-refractivity contribution in [3.8, 4) is 17.0 Å². The van der Waals surface area contributed by atoms with Gasteiger partial charge in [0.15, 0.2) is 5.78 Å². The molecule has 6 nitrogen and oxygen atoms in total. The molecule has 4 rings (SSSR count). The van der Waals surface area contributed by atoms with E-state index in [4.69, 9.17) is 4.74 Å². The Bertz CT molecular complexity index is 1340. The van der Waals surface area contributed by atoms with E-state index in [-0.39, 0.29) is 17.9 Å². The van der Waals surface area contributed by atoms with Crippen LogP contribution >= 0.6 is 11.8 Å². The van der Waals surface area contributed by atoms with E-state index in [1.807, 2.05) is 67.3 Å². The summed E-state index contributed by atoms with van der Waals surface area (Å²) in [5.74, 6) is 0.513. The highest BCUT2D eigenvalue weighted by Gasteiger charge is 2.20. The highest BCUT2D eigenvalue weighted by Crippen LogP contribution is 2.29. The number of Topliss-reactive ketones (excluding diaryl/α,β-unsaturated/α-hetero) is 1. The first-order valence-corrected chi connectivity index (χ1v) is 11.0. The average Bonchev–Trinajstić information content (AvgIpc) is 3.04. The molecule has 4 aromatic rings. The molecule has 0 saturated heterocycles. The Morgan fingerprint density at radius 2 is 1.84 bits per heavy atom. The average molecular weight is 434 g/mol. The van der Waals surface area contributed by atoms with E-state index in [1.165, 1.54) is 10.7 Å². The highest BCUT2D eigenvalue weighted by molar-refractivity contribution is 7.98. The van der Waals surface area contributed by atoms with Crippen molar-refractivity contribution in [1.82, 2.24) is 14.3 Å². The Kier molecular flexibility index (Phi) is 5.69. The van der Waals surface area contributed by atoms with Crippen molar-refractivity contribution in [3.05, 3.63) is 76.2 Å². The smallest absolute Gasteiger partial charge is 0.267 e. The minimum Gasteiger partial charge on any atom is -0.497 e. The van der Waals surface area contributed by atoms with Crippen molar-refractivity contribution in [2.24, 2.45) is 7.05 Å². The SMILES string of the molecule is COc1ccc2c(c1)c(C(=O)Cn1nc(-c3ccc(SC)cc3)ccc1=O)c(C)n2C. The molecule has 0 fully saturated rings. The molecule has 0 aliphatic heterocycles. The first-order chi connectivity index (χ1) is 14.9. The van der Waals surface area contributed by atoms with Gasteiger partial charge in [0, 0.05) is 45.7 Å². The van der Waals surface area contributed by atoms with Crippen LogP contribution in [0.4, 0.5) is 0 Å². The number of thioether (sulfide) groups is 1. The van der Waals surface area contributed by atoms with Crippen molar-refractivity contribution >= 4 is 28.4 Å². The van der Waals surface area contributed by atoms with Crippen LogP contribution in [0.5, 0.6) is 5.75 Å². The van der Waals surface area contributed by atoms with Gasteiger partial charge in [-0.05, 0) is 49.6 Å². The number of nitrogens with zero attached hydrogens (tertiary/aromatic N) is 3. The number of ether oxygens (including phenoxy) is 1. The van der Waals surface area contributed by atoms with Crippen molar-refractivity contribution in [2.75, 3.05) is 13.4 Å².